The fourth-order valence-corrected chi connectivity index (χ4v) is 2.94. The highest BCUT2D eigenvalue weighted by Crippen LogP contribution is 2.37. The second-order valence-electron chi connectivity index (χ2n) is 5.41. The molecule has 1 saturated carbocycles. The van der Waals surface area contributed by atoms with Crippen LogP contribution in [0.15, 0.2) is 0 Å². The summed E-state index contributed by atoms with van der Waals surface area (Å²) in [6, 6.07) is 0.364. The lowest BCUT2D eigenvalue weighted by atomic mass is 9.98. The van der Waals surface area contributed by atoms with E-state index in [0.29, 0.717) is 6.04 Å². The van der Waals surface area contributed by atoms with Gasteiger partial charge in [-0.2, -0.15) is 5.10 Å². The molecule has 0 amide bonds. The summed E-state index contributed by atoms with van der Waals surface area (Å²) < 4.78 is 2.03. The summed E-state index contributed by atoms with van der Waals surface area (Å²) in [6.45, 7) is 7.24. The Labute approximate surface area is 109 Å². The number of aryl methyl sites for hydroxylation is 2. The third-order valence-electron chi connectivity index (χ3n) is 3.89. The molecule has 1 aliphatic rings. The fourth-order valence-electron chi connectivity index (χ4n) is 2.94. The maximum Gasteiger partial charge on any atom is 0.147 e. The van der Waals surface area contributed by atoms with Crippen molar-refractivity contribution in [3.05, 3.63) is 11.6 Å². The lowest BCUT2D eigenvalue weighted by Gasteiger charge is -2.28. The van der Waals surface area contributed by atoms with E-state index in [0.717, 1.165) is 43.9 Å². The summed E-state index contributed by atoms with van der Waals surface area (Å²) in [5.41, 5.74) is -0.118. The van der Waals surface area contributed by atoms with E-state index in [1.54, 1.807) is 0 Å². The van der Waals surface area contributed by atoms with Crippen molar-refractivity contribution >= 4 is 0 Å². The second-order valence-corrected chi connectivity index (χ2v) is 5.41. The highest BCUT2D eigenvalue weighted by molar-refractivity contribution is 5.00. The van der Waals surface area contributed by atoms with Crippen molar-refractivity contribution in [1.29, 1.82) is 0 Å². The van der Waals surface area contributed by atoms with Crippen LogP contribution in [0.3, 0.4) is 0 Å². The SMILES string of the molecule is CCCNC1(CO)CCC(n2nc(C)nc2C)C1. The van der Waals surface area contributed by atoms with Gasteiger partial charge in [-0.05, 0) is 46.1 Å². The smallest absolute Gasteiger partial charge is 0.147 e. The zero-order chi connectivity index (χ0) is 13.2. The summed E-state index contributed by atoms with van der Waals surface area (Å²) in [5.74, 6) is 1.80. The lowest BCUT2D eigenvalue weighted by molar-refractivity contribution is 0.160. The van der Waals surface area contributed by atoms with Crippen LogP contribution in [0, 0.1) is 13.8 Å². The normalized spacial score (nSPS) is 27.9. The molecule has 0 radical (unpaired) electrons. The Hall–Kier alpha value is -0.940. The van der Waals surface area contributed by atoms with Gasteiger partial charge < -0.3 is 10.4 Å². The molecule has 1 fully saturated rings. The minimum absolute atomic E-state index is 0.118. The predicted octanol–water partition coefficient (Wildman–Crippen LogP) is 1.35. The van der Waals surface area contributed by atoms with Crippen molar-refractivity contribution in [2.45, 2.75) is 58.0 Å². The van der Waals surface area contributed by atoms with Gasteiger partial charge in [0, 0.05) is 5.54 Å². The zero-order valence-electron chi connectivity index (χ0n) is 11.6. The number of aliphatic hydroxyl groups excluding tert-OH is 1. The Morgan fingerprint density at radius 1 is 1.50 bits per heavy atom. The van der Waals surface area contributed by atoms with Crippen LogP contribution >= 0.6 is 0 Å². The minimum atomic E-state index is -0.118. The molecule has 0 aromatic carbocycles. The highest BCUT2D eigenvalue weighted by Gasteiger charge is 2.39. The number of nitrogens with one attached hydrogen (secondary N) is 1. The van der Waals surface area contributed by atoms with Gasteiger partial charge >= 0.3 is 0 Å². The number of nitrogens with zero attached hydrogens (tertiary/aromatic N) is 3. The molecule has 18 heavy (non-hydrogen) atoms. The number of aliphatic hydroxyl groups is 1. The van der Waals surface area contributed by atoms with Crippen LogP contribution in [-0.4, -0.2) is 38.6 Å². The molecule has 1 aromatic heterocycles. The van der Waals surface area contributed by atoms with Crippen molar-refractivity contribution < 1.29 is 5.11 Å². The average Bonchev–Trinajstić information content (AvgIpc) is 2.91. The van der Waals surface area contributed by atoms with E-state index in [-0.39, 0.29) is 12.1 Å². The monoisotopic (exact) mass is 252 g/mol. The molecule has 5 nitrogen and oxygen atoms in total. The van der Waals surface area contributed by atoms with Gasteiger partial charge in [0.05, 0.1) is 12.6 Å². The maximum absolute atomic E-state index is 9.67. The van der Waals surface area contributed by atoms with Gasteiger partial charge in [0.2, 0.25) is 0 Å². The zero-order valence-corrected chi connectivity index (χ0v) is 11.6. The standard InChI is InChI=1S/C13H24N4O/c1-4-7-14-13(9-18)6-5-12(8-13)17-11(3)15-10(2)16-17/h12,14,18H,4-9H2,1-3H3. The Balaban J connectivity index is 2.08. The first-order valence-corrected chi connectivity index (χ1v) is 6.86. The summed E-state index contributed by atoms with van der Waals surface area (Å²) in [7, 11) is 0. The van der Waals surface area contributed by atoms with Crippen LogP contribution in [0.25, 0.3) is 0 Å². The van der Waals surface area contributed by atoms with Crippen LogP contribution < -0.4 is 5.32 Å². The van der Waals surface area contributed by atoms with Crippen LogP contribution in [0.5, 0.6) is 0 Å². The van der Waals surface area contributed by atoms with Crippen LogP contribution in [-0.2, 0) is 0 Å². The molecule has 0 spiro atoms. The molecular formula is C13H24N4O. The number of hydrogen-bond acceptors (Lipinski definition) is 4. The molecule has 102 valence electrons. The first-order valence-electron chi connectivity index (χ1n) is 6.86. The van der Waals surface area contributed by atoms with Crippen LogP contribution in [0.2, 0.25) is 0 Å². The molecule has 2 N–H and O–H groups in total. The first-order chi connectivity index (χ1) is 8.60. The third kappa shape index (κ3) is 2.57. The van der Waals surface area contributed by atoms with E-state index in [9.17, 15) is 5.11 Å². The average molecular weight is 252 g/mol. The lowest BCUT2D eigenvalue weighted by Crippen LogP contribution is -2.46. The molecule has 1 heterocycles. The molecule has 2 rings (SSSR count). The second kappa shape index (κ2) is 5.36. The van der Waals surface area contributed by atoms with E-state index in [1.807, 2.05) is 18.5 Å². The fraction of sp³-hybridized carbons (Fsp3) is 0.846. The molecule has 2 atom stereocenters. The number of rotatable bonds is 5. The van der Waals surface area contributed by atoms with Gasteiger partial charge in [-0.1, -0.05) is 6.92 Å². The van der Waals surface area contributed by atoms with E-state index in [1.165, 1.54) is 0 Å². The Morgan fingerprint density at radius 3 is 2.83 bits per heavy atom. The maximum atomic E-state index is 9.67. The van der Waals surface area contributed by atoms with Gasteiger partial charge in [-0.3, -0.25) is 0 Å². The van der Waals surface area contributed by atoms with Gasteiger partial charge in [-0.25, -0.2) is 9.67 Å². The molecule has 1 aliphatic carbocycles. The molecule has 0 bridgehead atoms. The summed E-state index contributed by atoms with van der Waals surface area (Å²) in [6.07, 6.45) is 4.09. The first kappa shape index (κ1) is 13.5. The Kier molecular flexibility index (Phi) is 4.02. The van der Waals surface area contributed by atoms with E-state index < -0.39 is 0 Å². The summed E-state index contributed by atoms with van der Waals surface area (Å²) >= 11 is 0. The predicted molar refractivity (Wildman–Crippen MR) is 70.5 cm³/mol. The van der Waals surface area contributed by atoms with Crippen molar-refractivity contribution in [1.82, 2.24) is 20.1 Å². The molecular weight excluding hydrogens is 228 g/mol. The van der Waals surface area contributed by atoms with E-state index in [4.69, 9.17) is 0 Å². The van der Waals surface area contributed by atoms with Gasteiger partial charge in [0.15, 0.2) is 0 Å². The van der Waals surface area contributed by atoms with Crippen molar-refractivity contribution in [2.24, 2.45) is 0 Å². The topological polar surface area (TPSA) is 63.0 Å². The van der Waals surface area contributed by atoms with Crippen molar-refractivity contribution in [3.63, 3.8) is 0 Å². The molecule has 1 aromatic rings. The highest BCUT2D eigenvalue weighted by atomic mass is 16.3. The Morgan fingerprint density at radius 2 is 2.28 bits per heavy atom. The number of hydrogen-bond donors (Lipinski definition) is 2. The van der Waals surface area contributed by atoms with Crippen molar-refractivity contribution in [2.75, 3.05) is 13.2 Å². The van der Waals surface area contributed by atoms with Gasteiger partial charge in [0.25, 0.3) is 0 Å². The van der Waals surface area contributed by atoms with E-state index >= 15 is 0 Å². The number of aromatic nitrogens is 3. The summed E-state index contributed by atoms with van der Waals surface area (Å²) in [5, 5.41) is 17.7. The quantitative estimate of drug-likeness (QED) is 0.830. The van der Waals surface area contributed by atoms with Gasteiger partial charge in [0.1, 0.15) is 11.6 Å². The minimum Gasteiger partial charge on any atom is -0.394 e. The largest absolute Gasteiger partial charge is 0.394 e. The Bertz CT molecular complexity index is 404. The van der Waals surface area contributed by atoms with Crippen molar-refractivity contribution in [3.8, 4) is 0 Å². The van der Waals surface area contributed by atoms with E-state index in [2.05, 4.69) is 22.3 Å². The van der Waals surface area contributed by atoms with Crippen LogP contribution in [0.1, 0.15) is 50.3 Å². The molecule has 0 aliphatic heterocycles. The third-order valence-corrected chi connectivity index (χ3v) is 3.89. The summed E-state index contributed by atoms with van der Waals surface area (Å²) in [4.78, 5) is 4.36. The molecule has 2 unspecified atom stereocenters. The van der Waals surface area contributed by atoms with Crippen LogP contribution in [0.4, 0.5) is 0 Å². The molecule has 0 saturated heterocycles. The molecule has 5 heteroatoms. The van der Waals surface area contributed by atoms with Gasteiger partial charge in [-0.15, -0.1) is 0 Å².